The Morgan fingerprint density at radius 3 is 1.53 bits per heavy atom. The smallest absolute Gasteiger partial charge is 0.335 e. The van der Waals surface area contributed by atoms with Crippen LogP contribution in [0.5, 0.6) is 0 Å². The van der Waals surface area contributed by atoms with Crippen molar-refractivity contribution in [2.24, 2.45) is 17.8 Å². The molecule has 1 amide bonds. The van der Waals surface area contributed by atoms with Crippen LogP contribution in [0.2, 0.25) is 0 Å². The molecule has 7 rings (SSSR count). The van der Waals surface area contributed by atoms with Gasteiger partial charge in [0, 0.05) is 42.6 Å². The van der Waals surface area contributed by atoms with Crippen LogP contribution >= 0.6 is 0 Å². The van der Waals surface area contributed by atoms with E-state index in [0.717, 1.165) is 46.8 Å². The third-order valence-electron chi connectivity index (χ3n) is 12.0. The molecule has 298 valence electrons. The first-order valence-corrected chi connectivity index (χ1v) is 20.8. The summed E-state index contributed by atoms with van der Waals surface area (Å²) in [4.78, 5) is 47.8. The van der Waals surface area contributed by atoms with Crippen LogP contribution in [0.25, 0.3) is 22.1 Å². The van der Waals surface area contributed by atoms with E-state index in [1.165, 1.54) is 71.3 Å². The highest BCUT2D eigenvalue weighted by Crippen LogP contribution is 2.34. The first-order valence-electron chi connectivity index (χ1n) is 20.8. The zero-order chi connectivity index (χ0) is 39.5. The number of fused-ring (bicyclic) bond motifs is 2. The number of amides is 1. The average Bonchev–Trinajstić information content (AvgIpc) is 3.73. The molecular formula is C45H63N5O5. The number of imidazole rings is 2. The molecule has 2 aromatic heterocycles. The van der Waals surface area contributed by atoms with Crippen molar-refractivity contribution in [3.63, 3.8) is 0 Å². The van der Waals surface area contributed by atoms with Gasteiger partial charge in [-0.1, -0.05) is 80.1 Å². The number of ether oxygens (including phenoxy) is 1. The van der Waals surface area contributed by atoms with Crippen LogP contribution in [-0.4, -0.2) is 67.2 Å². The van der Waals surface area contributed by atoms with Crippen LogP contribution in [-0.2, 0) is 33.5 Å². The number of carbonyl (C=O) groups is 3. The molecule has 4 aromatic rings. The molecule has 2 aliphatic carbocycles. The van der Waals surface area contributed by atoms with E-state index in [1.54, 1.807) is 12.1 Å². The summed E-state index contributed by atoms with van der Waals surface area (Å²) in [6, 6.07) is 11.3. The summed E-state index contributed by atoms with van der Waals surface area (Å²) >= 11 is 0. The van der Waals surface area contributed by atoms with Crippen molar-refractivity contribution in [2.45, 2.75) is 143 Å². The van der Waals surface area contributed by atoms with Gasteiger partial charge in [-0.15, -0.1) is 0 Å². The molecule has 1 aliphatic heterocycles. The minimum Gasteiger partial charge on any atom is -0.478 e. The maximum absolute atomic E-state index is 13.2. The molecule has 10 heteroatoms. The third-order valence-corrected chi connectivity index (χ3v) is 12.0. The molecule has 1 N–H and O–H groups in total. The Morgan fingerprint density at radius 1 is 0.673 bits per heavy atom. The molecule has 2 saturated carbocycles. The monoisotopic (exact) mass is 753 g/mol. The Bertz CT molecular complexity index is 1980. The van der Waals surface area contributed by atoms with Gasteiger partial charge >= 0.3 is 11.9 Å². The number of methoxy groups -OCH3 is 1. The maximum atomic E-state index is 13.2. The van der Waals surface area contributed by atoms with E-state index in [2.05, 4.69) is 56.7 Å². The average molecular weight is 754 g/mol. The van der Waals surface area contributed by atoms with Crippen molar-refractivity contribution >= 4 is 39.9 Å². The minimum atomic E-state index is -0.897. The van der Waals surface area contributed by atoms with Crippen LogP contribution in [0.3, 0.4) is 0 Å². The predicted octanol–water partition coefficient (Wildman–Crippen LogP) is 9.55. The fourth-order valence-corrected chi connectivity index (χ4v) is 8.96. The second-order valence-corrected chi connectivity index (χ2v) is 18.4. The Morgan fingerprint density at radius 2 is 1.11 bits per heavy atom. The highest BCUT2D eigenvalue weighted by Gasteiger charge is 2.30. The van der Waals surface area contributed by atoms with E-state index in [0.29, 0.717) is 48.9 Å². The molecule has 0 radical (unpaired) electrons. The molecule has 3 fully saturated rings. The van der Waals surface area contributed by atoms with Gasteiger partial charge in [-0.2, -0.15) is 0 Å². The molecule has 0 spiro atoms. The van der Waals surface area contributed by atoms with Crippen LogP contribution in [0, 0.1) is 17.8 Å². The first-order chi connectivity index (χ1) is 26.1. The van der Waals surface area contributed by atoms with E-state index in [1.807, 2.05) is 23.1 Å². The van der Waals surface area contributed by atoms with E-state index >= 15 is 0 Å². The highest BCUT2D eigenvalue weighted by molar-refractivity contribution is 5.97. The summed E-state index contributed by atoms with van der Waals surface area (Å²) in [5.41, 5.74) is 4.75. The molecule has 55 heavy (non-hydrogen) atoms. The second kappa shape index (κ2) is 16.9. The van der Waals surface area contributed by atoms with Crippen molar-refractivity contribution in [3.05, 3.63) is 59.2 Å². The number of esters is 1. The molecule has 3 aliphatic rings. The van der Waals surface area contributed by atoms with Crippen molar-refractivity contribution in [3.8, 4) is 0 Å². The second-order valence-electron chi connectivity index (χ2n) is 18.4. The molecular weight excluding hydrogens is 691 g/mol. The van der Waals surface area contributed by atoms with Gasteiger partial charge in [0.25, 0.3) is 5.91 Å². The number of carboxylic acids is 1. The largest absolute Gasteiger partial charge is 0.478 e. The maximum Gasteiger partial charge on any atom is 0.335 e. The van der Waals surface area contributed by atoms with E-state index < -0.39 is 5.97 Å². The van der Waals surface area contributed by atoms with Gasteiger partial charge in [0.05, 0.1) is 40.7 Å². The number of nitrogens with zero attached hydrogens (tertiary/aromatic N) is 5. The lowest BCUT2D eigenvalue weighted by atomic mass is 9.88. The number of hydrogen-bond donors (Lipinski definition) is 1. The fourth-order valence-electron chi connectivity index (χ4n) is 8.96. The molecule has 0 unspecified atom stereocenters. The van der Waals surface area contributed by atoms with Crippen LogP contribution in [0.15, 0.2) is 36.4 Å². The van der Waals surface area contributed by atoms with Crippen LogP contribution < -0.4 is 0 Å². The molecule has 2 aromatic carbocycles. The number of aromatic carboxylic acids is 1. The topological polar surface area (TPSA) is 120 Å². The van der Waals surface area contributed by atoms with Crippen molar-refractivity contribution in [1.29, 1.82) is 0 Å². The number of carbonyl (C=O) groups excluding carboxylic acids is 2. The van der Waals surface area contributed by atoms with Crippen LogP contribution in [0.4, 0.5) is 0 Å². The van der Waals surface area contributed by atoms with Gasteiger partial charge in [-0.3, -0.25) is 9.59 Å². The number of carboxylic acid groups (broad SMARTS) is 1. The first kappa shape index (κ1) is 40.5. The highest BCUT2D eigenvalue weighted by atomic mass is 16.5. The lowest BCUT2D eigenvalue weighted by molar-refractivity contribution is -0.146. The zero-order valence-corrected chi connectivity index (χ0v) is 34.3. The SMILES string of the molecule is CC(C)(C)c1nc2cc(C(=O)O)ccc2n1CC1CCCCC1.COC(=O)C1CCN(C(=O)c2ccc3c(c2)nc(C(C)(C)C)n3CC2CCCCC2)CC1. The number of hydrogen-bond acceptors (Lipinski definition) is 6. The summed E-state index contributed by atoms with van der Waals surface area (Å²) < 4.78 is 9.60. The summed E-state index contributed by atoms with van der Waals surface area (Å²) in [5, 5.41) is 9.21. The summed E-state index contributed by atoms with van der Waals surface area (Å²) in [5.74, 6) is 2.43. The minimum absolute atomic E-state index is 0.0226. The molecule has 1 saturated heterocycles. The molecule has 0 atom stereocenters. The van der Waals surface area contributed by atoms with Crippen molar-refractivity contribution in [1.82, 2.24) is 24.0 Å². The van der Waals surface area contributed by atoms with Gasteiger partial charge in [-0.25, -0.2) is 14.8 Å². The van der Waals surface area contributed by atoms with E-state index in [-0.39, 0.29) is 28.6 Å². The number of likely N-dealkylation sites (tertiary alicyclic amines) is 1. The molecule has 10 nitrogen and oxygen atoms in total. The third kappa shape index (κ3) is 9.43. The van der Waals surface area contributed by atoms with E-state index in [9.17, 15) is 19.5 Å². The molecule has 0 bridgehead atoms. The summed E-state index contributed by atoms with van der Waals surface area (Å²) in [6.07, 6.45) is 14.5. The van der Waals surface area contributed by atoms with Crippen molar-refractivity contribution < 1.29 is 24.2 Å². The Kier molecular flexibility index (Phi) is 12.4. The van der Waals surface area contributed by atoms with Gasteiger partial charge in [-0.05, 0) is 86.8 Å². The lowest BCUT2D eigenvalue weighted by Gasteiger charge is -2.30. The number of rotatable bonds is 7. The number of aromatic nitrogens is 4. The quantitative estimate of drug-likeness (QED) is 0.187. The Hall–Kier alpha value is -4.21. The zero-order valence-electron chi connectivity index (χ0n) is 34.3. The van der Waals surface area contributed by atoms with Gasteiger partial charge in [0.1, 0.15) is 11.6 Å². The normalized spacial score (nSPS) is 18.0. The number of benzene rings is 2. The van der Waals surface area contributed by atoms with Gasteiger partial charge in [0.15, 0.2) is 0 Å². The van der Waals surface area contributed by atoms with E-state index in [4.69, 9.17) is 14.7 Å². The van der Waals surface area contributed by atoms with Crippen LogP contribution in [0.1, 0.15) is 151 Å². The Labute approximate surface area is 327 Å². The Balaban J connectivity index is 0.000000197. The number of piperidine rings is 1. The van der Waals surface area contributed by atoms with Gasteiger partial charge < -0.3 is 23.9 Å². The predicted molar refractivity (Wildman–Crippen MR) is 218 cm³/mol. The molecule has 3 heterocycles. The standard InChI is InChI=1S/C26H37N3O3.C19H26N2O2/c1-26(2,3)25-27-21-16-20(23(30)28-14-12-19(13-15-28)24(31)32-4)10-11-22(21)29(25)17-18-8-6-5-7-9-18;1-19(2,3)18-20-15-11-14(17(22)23)9-10-16(15)21(18)12-13-7-5-4-6-8-13/h10-11,16,18-19H,5-9,12-15,17H2,1-4H3;9-11,13H,4-8,12H2,1-3H3,(H,22,23). The summed E-state index contributed by atoms with van der Waals surface area (Å²) in [6.45, 7) is 16.3. The van der Waals surface area contributed by atoms with Crippen molar-refractivity contribution in [2.75, 3.05) is 20.2 Å². The fraction of sp³-hybridized carbons (Fsp3) is 0.622. The lowest BCUT2D eigenvalue weighted by Crippen LogP contribution is -2.40. The van der Waals surface area contributed by atoms with Gasteiger partial charge in [0.2, 0.25) is 0 Å². The summed E-state index contributed by atoms with van der Waals surface area (Å²) in [7, 11) is 1.42.